The van der Waals surface area contributed by atoms with Crippen LogP contribution < -0.4 is 5.32 Å². The highest BCUT2D eigenvalue weighted by Gasteiger charge is 2.34. The van der Waals surface area contributed by atoms with Crippen molar-refractivity contribution >= 4 is 6.03 Å². The highest BCUT2D eigenvalue weighted by molar-refractivity contribution is 5.75. The molecule has 1 N–H and O–H groups in total. The predicted molar refractivity (Wildman–Crippen MR) is 110 cm³/mol. The number of hydrogen-bond acceptors (Lipinski definition) is 3. The van der Waals surface area contributed by atoms with Crippen LogP contribution >= 0.6 is 0 Å². The van der Waals surface area contributed by atoms with Crippen LogP contribution in [0.5, 0.6) is 0 Å². The molecule has 29 heavy (non-hydrogen) atoms. The monoisotopic (exact) mass is 397 g/mol. The molecule has 2 aliphatic rings. The molecular weight excluding hydrogens is 369 g/mol. The summed E-state index contributed by atoms with van der Waals surface area (Å²) < 4.78 is 19.3. The lowest BCUT2D eigenvalue weighted by molar-refractivity contribution is 0.0697. The van der Waals surface area contributed by atoms with E-state index >= 15 is 0 Å². The molecule has 0 bridgehead atoms. The van der Waals surface area contributed by atoms with Crippen molar-refractivity contribution in [2.75, 3.05) is 33.3 Å². The molecule has 4 rings (SSSR count). The van der Waals surface area contributed by atoms with Crippen LogP contribution in [0.1, 0.15) is 36.1 Å². The smallest absolute Gasteiger partial charge is 0.318 e. The van der Waals surface area contributed by atoms with E-state index in [9.17, 15) is 9.18 Å². The van der Waals surface area contributed by atoms with E-state index < -0.39 is 0 Å². The summed E-state index contributed by atoms with van der Waals surface area (Å²) in [7, 11) is 2.08. The number of nitrogens with one attached hydrogen (secondary N) is 1. The number of benzene rings is 2. The van der Waals surface area contributed by atoms with Gasteiger partial charge in [-0.15, -0.1) is 0 Å². The summed E-state index contributed by atoms with van der Waals surface area (Å²) in [5.74, 6) is -0.283. The van der Waals surface area contributed by atoms with Gasteiger partial charge in [-0.05, 0) is 43.1 Å². The molecule has 3 atom stereocenters. The van der Waals surface area contributed by atoms with Gasteiger partial charge >= 0.3 is 6.03 Å². The molecule has 2 heterocycles. The molecule has 2 fully saturated rings. The number of likely N-dealkylation sites (N-methyl/N-ethyl adjacent to an activating group) is 1. The van der Waals surface area contributed by atoms with Crippen molar-refractivity contribution in [1.29, 1.82) is 0 Å². The number of piperazine rings is 1. The Balaban J connectivity index is 1.56. The summed E-state index contributed by atoms with van der Waals surface area (Å²) in [5.41, 5.74) is 2.00. The van der Waals surface area contributed by atoms with Crippen LogP contribution in [0.3, 0.4) is 0 Å². The van der Waals surface area contributed by atoms with Crippen molar-refractivity contribution in [2.45, 2.75) is 31.0 Å². The highest BCUT2D eigenvalue weighted by Crippen LogP contribution is 2.29. The maximum Gasteiger partial charge on any atom is 0.318 e. The van der Waals surface area contributed by atoms with Crippen LogP contribution in [0.25, 0.3) is 0 Å². The summed E-state index contributed by atoms with van der Waals surface area (Å²) in [4.78, 5) is 17.5. The Morgan fingerprint density at radius 3 is 2.59 bits per heavy atom. The van der Waals surface area contributed by atoms with Gasteiger partial charge in [-0.3, -0.25) is 0 Å². The lowest BCUT2D eigenvalue weighted by atomic mass is 9.99. The SMILES string of the molecule is CN1CCN(C(=O)NC(c2ccc(F)cc2)C2CCCO2)C(c2ccccc2)C1. The molecule has 2 aliphatic heterocycles. The molecule has 3 unspecified atom stereocenters. The van der Waals surface area contributed by atoms with E-state index in [2.05, 4.69) is 29.4 Å². The maximum absolute atomic E-state index is 13.4. The first-order valence-corrected chi connectivity index (χ1v) is 10.3. The molecule has 0 saturated carbocycles. The van der Waals surface area contributed by atoms with Crippen LogP contribution in [0.2, 0.25) is 0 Å². The largest absolute Gasteiger partial charge is 0.376 e. The molecule has 2 amide bonds. The lowest BCUT2D eigenvalue weighted by Crippen LogP contribution is -2.53. The van der Waals surface area contributed by atoms with E-state index in [0.29, 0.717) is 13.2 Å². The standard InChI is InChI=1S/C23H28FN3O2/c1-26-13-14-27(20(16-26)17-6-3-2-4-7-17)23(28)25-22(21-8-5-15-29-21)18-9-11-19(24)12-10-18/h2-4,6-7,9-12,20-22H,5,8,13-16H2,1H3,(H,25,28). The Morgan fingerprint density at radius 1 is 1.14 bits per heavy atom. The number of ether oxygens (including phenoxy) is 1. The number of halogens is 1. The third-order valence-electron chi connectivity index (χ3n) is 5.87. The zero-order valence-corrected chi connectivity index (χ0v) is 16.8. The average molecular weight is 397 g/mol. The fraction of sp³-hybridized carbons (Fsp3) is 0.435. The Bertz CT molecular complexity index is 809. The third-order valence-corrected chi connectivity index (χ3v) is 5.87. The summed E-state index contributed by atoms with van der Waals surface area (Å²) in [5, 5.41) is 3.20. The Kier molecular flexibility index (Phi) is 6.11. The first-order valence-electron chi connectivity index (χ1n) is 10.3. The van der Waals surface area contributed by atoms with Crippen molar-refractivity contribution in [3.8, 4) is 0 Å². The van der Waals surface area contributed by atoms with E-state index in [1.165, 1.54) is 12.1 Å². The second-order valence-electron chi connectivity index (χ2n) is 7.91. The number of rotatable bonds is 4. The molecule has 5 nitrogen and oxygen atoms in total. The van der Waals surface area contributed by atoms with Gasteiger partial charge in [0.25, 0.3) is 0 Å². The number of hydrogen-bond donors (Lipinski definition) is 1. The van der Waals surface area contributed by atoms with Crippen LogP contribution in [-0.4, -0.2) is 55.2 Å². The second-order valence-corrected chi connectivity index (χ2v) is 7.91. The molecular formula is C23H28FN3O2. The van der Waals surface area contributed by atoms with Crippen molar-refractivity contribution in [2.24, 2.45) is 0 Å². The van der Waals surface area contributed by atoms with Gasteiger partial charge in [-0.2, -0.15) is 0 Å². The van der Waals surface area contributed by atoms with Gasteiger partial charge in [-0.25, -0.2) is 9.18 Å². The zero-order chi connectivity index (χ0) is 20.2. The molecule has 0 radical (unpaired) electrons. The maximum atomic E-state index is 13.4. The normalized spacial score (nSPS) is 23.7. The molecule has 0 aliphatic carbocycles. The van der Waals surface area contributed by atoms with E-state index in [1.807, 2.05) is 23.1 Å². The molecule has 6 heteroatoms. The number of amides is 2. The quantitative estimate of drug-likeness (QED) is 0.855. The van der Waals surface area contributed by atoms with Gasteiger partial charge < -0.3 is 19.9 Å². The van der Waals surface area contributed by atoms with E-state index in [4.69, 9.17) is 4.74 Å². The van der Waals surface area contributed by atoms with Gasteiger partial charge in [0.15, 0.2) is 0 Å². The molecule has 2 aromatic rings. The lowest BCUT2D eigenvalue weighted by Gasteiger charge is -2.41. The molecule has 2 aromatic carbocycles. The van der Waals surface area contributed by atoms with Crippen LogP contribution in [-0.2, 0) is 4.74 Å². The summed E-state index contributed by atoms with van der Waals surface area (Å²) in [6.45, 7) is 2.97. The Labute approximate surface area is 171 Å². The van der Waals surface area contributed by atoms with Crippen LogP contribution in [0.4, 0.5) is 9.18 Å². The zero-order valence-electron chi connectivity index (χ0n) is 16.8. The fourth-order valence-electron chi connectivity index (χ4n) is 4.27. The third kappa shape index (κ3) is 4.60. The molecule has 2 saturated heterocycles. The Morgan fingerprint density at radius 2 is 1.90 bits per heavy atom. The van der Waals surface area contributed by atoms with Crippen molar-refractivity contribution in [1.82, 2.24) is 15.1 Å². The number of nitrogens with zero attached hydrogens (tertiary/aromatic N) is 2. The minimum absolute atomic E-state index is 0.00619. The number of carbonyl (C=O) groups is 1. The van der Waals surface area contributed by atoms with E-state index in [-0.39, 0.29) is 30.0 Å². The van der Waals surface area contributed by atoms with Gasteiger partial charge in [0.2, 0.25) is 0 Å². The first kappa shape index (κ1) is 19.9. The topological polar surface area (TPSA) is 44.8 Å². The Hall–Kier alpha value is -2.44. The van der Waals surface area contributed by atoms with Gasteiger partial charge in [0, 0.05) is 26.2 Å². The summed E-state index contributed by atoms with van der Waals surface area (Å²) in [6, 6.07) is 16.1. The van der Waals surface area contributed by atoms with Crippen molar-refractivity contribution < 1.29 is 13.9 Å². The molecule has 0 spiro atoms. The summed E-state index contributed by atoms with van der Waals surface area (Å²) in [6.07, 6.45) is 1.76. The number of carbonyl (C=O) groups excluding carboxylic acids is 1. The van der Waals surface area contributed by atoms with Crippen molar-refractivity contribution in [3.63, 3.8) is 0 Å². The van der Waals surface area contributed by atoms with Gasteiger partial charge in [0.05, 0.1) is 18.2 Å². The van der Waals surface area contributed by atoms with Gasteiger partial charge in [-0.1, -0.05) is 42.5 Å². The number of urea groups is 1. The molecule has 154 valence electrons. The average Bonchev–Trinajstić information content (AvgIpc) is 3.28. The minimum Gasteiger partial charge on any atom is -0.376 e. The summed E-state index contributed by atoms with van der Waals surface area (Å²) >= 11 is 0. The fourth-order valence-corrected chi connectivity index (χ4v) is 4.27. The molecule has 0 aromatic heterocycles. The van der Waals surface area contributed by atoms with Crippen LogP contribution in [0, 0.1) is 5.82 Å². The second kappa shape index (κ2) is 8.93. The minimum atomic E-state index is -0.290. The van der Waals surface area contributed by atoms with Crippen molar-refractivity contribution in [3.05, 3.63) is 71.5 Å². The van der Waals surface area contributed by atoms with Crippen LogP contribution in [0.15, 0.2) is 54.6 Å². The predicted octanol–water partition coefficient (Wildman–Crippen LogP) is 3.74. The highest BCUT2D eigenvalue weighted by atomic mass is 19.1. The first-order chi connectivity index (χ1) is 14.1. The van der Waals surface area contributed by atoms with E-state index in [1.54, 1.807) is 12.1 Å². The van der Waals surface area contributed by atoms with E-state index in [0.717, 1.165) is 37.1 Å². The van der Waals surface area contributed by atoms with Gasteiger partial charge in [0.1, 0.15) is 5.82 Å².